The predicted octanol–water partition coefficient (Wildman–Crippen LogP) is -0.288. The molecule has 1 aliphatic rings. The Bertz CT molecular complexity index is 643. The van der Waals surface area contributed by atoms with Gasteiger partial charge in [0.25, 0.3) is 11.6 Å². The second kappa shape index (κ2) is 5.57. The molecule has 1 aromatic carbocycles. The fourth-order valence-electron chi connectivity index (χ4n) is 2.02. The normalized spacial score (nSPS) is 18.0. The van der Waals surface area contributed by atoms with E-state index in [-0.39, 0.29) is 24.1 Å². The van der Waals surface area contributed by atoms with Gasteiger partial charge in [0.2, 0.25) is 11.8 Å². The third-order valence-corrected chi connectivity index (χ3v) is 3.04. The number of hydrogen-bond donors (Lipinski definition) is 3. The fourth-order valence-corrected chi connectivity index (χ4v) is 2.02. The molecule has 110 valence electrons. The Balaban J connectivity index is 2.23. The topological polar surface area (TPSA) is 144 Å². The zero-order valence-electron chi connectivity index (χ0n) is 10.8. The molecule has 1 atom stereocenters. The lowest BCUT2D eigenvalue weighted by molar-refractivity contribution is -0.385. The highest BCUT2D eigenvalue weighted by atomic mass is 16.6. The molecule has 0 saturated carbocycles. The Morgan fingerprint density at radius 1 is 1.43 bits per heavy atom. The lowest BCUT2D eigenvalue weighted by Gasteiger charge is -2.21. The lowest BCUT2D eigenvalue weighted by Crippen LogP contribution is -2.52. The van der Waals surface area contributed by atoms with E-state index < -0.39 is 34.4 Å². The predicted molar refractivity (Wildman–Crippen MR) is 71.1 cm³/mol. The molecule has 1 fully saturated rings. The number of carbonyl (C=O) groups is 3. The second-order valence-electron chi connectivity index (χ2n) is 4.48. The summed E-state index contributed by atoms with van der Waals surface area (Å²) >= 11 is 0. The van der Waals surface area contributed by atoms with Crippen molar-refractivity contribution >= 4 is 29.1 Å². The van der Waals surface area contributed by atoms with Crippen LogP contribution in [0.1, 0.15) is 23.2 Å². The van der Waals surface area contributed by atoms with Crippen LogP contribution in [-0.4, -0.2) is 28.7 Å². The molecule has 1 aliphatic heterocycles. The number of amides is 3. The maximum atomic E-state index is 12.1. The Kier molecular flexibility index (Phi) is 3.83. The van der Waals surface area contributed by atoms with Gasteiger partial charge in [-0.2, -0.15) is 0 Å². The number of anilines is 1. The average molecular weight is 292 g/mol. The number of nitrogens with zero attached hydrogens (tertiary/aromatic N) is 1. The smallest absolute Gasteiger partial charge is 0.284 e. The number of benzene rings is 1. The Hall–Kier alpha value is -2.97. The Morgan fingerprint density at radius 3 is 2.76 bits per heavy atom. The van der Waals surface area contributed by atoms with Crippen molar-refractivity contribution < 1.29 is 19.3 Å². The number of nitro groups is 1. The van der Waals surface area contributed by atoms with E-state index >= 15 is 0 Å². The lowest BCUT2D eigenvalue weighted by atomic mass is 10.0. The van der Waals surface area contributed by atoms with E-state index in [1.807, 2.05) is 0 Å². The minimum absolute atomic E-state index is 0.0611. The number of nitro benzene ring substituents is 1. The zero-order chi connectivity index (χ0) is 15.6. The van der Waals surface area contributed by atoms with Gasteiger partial charge in [-0.15, -0.1) is 0 Å². The van der Waals surface area contributed by atoms with Gasteiger partial charge in [-0.05, 0) is 12.5 Å². The molecule has 0 aromatic heterocycles. The third kappa shape index (κ3) is 2.96. The van der Waals surface area contributed by atoms with E-state index in [0.717, 1.165) is 6.07 Å². The summed E-state index contributed by atoms with van der Waals surface area (Å²) in [6, 6.07) is 2.94. The van der Waals surface area contributed by atoms with Crippen molar-refractivity contribution in [2.75, 3.05) is 5.73 Å². The summed E-state index contributed by atoms with van der Waals surface area (Å²) in [6.07, 6.45) is 0.222. The molecule has 9 nitrogen and oxygen atoms in total. The van der Waals surface area contributed by atoms with Gasteiger partial charge in [-0.25, -0.2) is 0 Å². The van der Waals surface area contributed by atoms with Crippen molar-refractivity contribution in [1.82, 2.24) is 10.6 Å². The summed E-state index contributed by atoms with van der Waals surface area (Å²) in [5.41, 5.74) is 4.80. The Labute approximate surface area is 118 Å². The summed E-state index contributed by atoms with van der Waals surface area (Å²) in [6.45, 7) is 0. The van der Waals surface area contributed by atoms with Crippen LogP contribution in [0.5, 0.6) is 0 Å². The van der Waals surface area contributed by atoms with Crippen LogP contribution in [0.4, 0.5) is 11.4 Å². The van der Waals surface area contributed by atoms with Gasteiger partial charge in [-0.3, -0.25) is 29.8 Å². The van der Waals surface area contributed by atoms with Crippen molar-refractivity contribution in [1.29, 1.82) is 0 Å². The van der Waals surface area contributed by atoms with E-state index in [9.17, 15) is 24.5 Å². The number of carbonyl (C=O) groups excluding carboxylic acids is 3. The molecule has 1 heterocycles. The number of nitrogens with two attached hydrogens (primary N) is 1. The molecule has 9 heteroatoms. The van der Waals surface area contributed by atoms with Gasteiger partial charge in [0, 0.05) is 12.5 Å². The van der Waals surface area contributed by atoms with Gasteiger partial charge in [0.15, 0.2) is 0 Å². The number of hydrogen-bond acceptors (Lipinski definition) is 6. The first-order valence-electron chi connectivity index (χ1n) is 6.07. The highest BCUT2D eigenvalue weighted by Gasteiger charge is 2.31. The molecular weight excluding hydrogens is 280 g/mol. The SMILES string of the molecule is Nc1cccc([N+](=O)[O-])c1C(=O)NC1CCC(=O)NC1=O. The van der Waals surface area contributed by atoms with Crippen LogP contribution in [0.15, 0.2) is 18.2 Å². The first kappa shape index (κ1) is 14.4. The highest BCUT2D eigenvalue weighted by Crippen LogP contribution is 2.24. The van der Waals surface area contributed by atoms with Crippen molar-refractivity contribution in [2.45, 2.75) is 18.9 Å². The van der Waals surface area contributed by atoms with Crippen LogP contribution in [0, 0.1) is 10.1 Å². The molecule has 1 saturated heterocycles. The van der Waals surface area contributed by atoms with Gasteiger partial charge in [0.05, 0.1) is 10.6 Å². The molecule has 0 aliphatic carbocycles. The molecule has 0 bridgehead atoms. The van der Waals surface area contributed by atoms with Crippen LogP contribution in [0.2, 0.25) is 0 Å². The fraction of sp³-hybridized carbons (Fsp3) is 0.250. The standard InChI is InChI=1S/C12H12N4O5/c13-6-2-1-3-8(16(20)21)10(6)12(19)14-7-4-5-9(17)15-11(7)18/h1-3,7H,4-5,13H2,(H,14,19)(H,15,17,18). The minimum atomic E-state index is -0.922. The monoisotopic (exact) mass is 292 g/mol. The van der Waals surface area contributed by atoms with Gasteiger partial charge < -0.3 is 11.1 Å². The molecule has 4 N–H and O–H groups in total. The first-order valence-corrected chi connectivity index (χ1v) is 6.07. The van der Waals surface area contributed by atoms with Gasteiger partial charge in [-0.1, -0.05) is 6.07 Å². The Morgan fingerprint density at radius 2 is 2.14 bits per heavy atom. The van der Waals surface area contributed by atoms with Crippen molar-refractivity contribution in [3.63, 3.8) is 0 Å². The molecular formula is C12H12N4O5. The zero-order valence-corrected chi connectivity index (χ0v) is 10.8. The third-order valence-electron chi connectivity index (χ3n) is 3.04. The quantitative estimate of drug-likeness (QED) is 0.302. The minimum Gasteiger partial charge on any atom is -0.398 e. The molecule has 0 spiro atoms. The van der Waals surface area contributed by atoms with E-state index in [1.54, 1.807) is 0 Å². The molecule has 0 radical (unpaired) electrons. The number of imide groups is 1. The van der Waals surface area contributed by atoms with Crippen molar-refractivity contribution in [3.05, 3.63) is 33.9 Å². The van der Waals surface area contributed by atoms with E-state index in [2.05, 4.69) is 10.6 Å². The molecule has 1 unspecified atom stereocenters. The van der Waals surface area contributed by atoms with Crippen LogP contribution >= 0.6 is 0 Å². The summed E-state index contributed by atoms with van der Waals surface area (Å²) in [4.78, 5) is 44.9. The van der Waals surface area contributed by atoms with Crippen molar-refractivity contribution in [3.8, 4) is 0 Å². The number of rotatable bonds is 3. The van der Waals surface area contributed by atoms with Crippen LogP contribution < -0.4 is 16.4 Å². The molecule has 21 heavy (non-hydrogen) atoms. The van der Waals surface area contributed by atoms with Crippen LogP contribution in [0.3, 0.4) is 0 Å². The molecule has 2 rings (SSSR count). The summed E-state index contributed by atoms with van der Waals surface area (Å²) in [5, 5.41) is 15.4. The maximum Gasteiger partial charge on any atom is 0.284 e. The van der Waals surface area contributed by atoms with Crippen LogP contribution in [0.25, 0.3) is 0 Å². The number of piperidine rings is 1. The maximum absolute atomic E-state index is 12.1. The number of nitrogens with one attached hydrogen (secondary N) is 2. The van der Waals surface area contributed by atoms with Gasteiger partial charge in [0.1, 0.15) is 11.6 Å². The second-order valence-corrected chi connectivity index (χ2v) is 4.48. The first-order chi connectivity index (χ1) is 9.90. The largest absolute Gasteiger partial charge is 0.398 e. The summed E-state index contributed by atoms with van der Waals surface area (Å²) < 4.78 is 0. The van der Waals surface area contributed by atoms with Crippen LogP contribution in [-0.2, 0) is 9.59 Å². The van der Waals surface area contributed by atoms with E-state index in [1.165, 1.54) is 12.1 Å². The number of nitrogen functional groups attached to an aromatic ring is 1. The summed E-state index contributed by atoms with van der Waals surface area (Å²) in [7, 11) is 0. The van der Waals surface area contributed by atoms with E-state index in [0.29, 0.717) is 0 Å². The highest BCUT2D eigenvalue weighted by molar-refractivity contribution is 6.07. The molecule has 1 aromatic rings. The summed E-state index contributed by atoms with van der Waals surface area (Å²) in [5.74, 6) is -1.89. The average Bonchev–Trinajstić information content (AvgIpc) is 2.41. The van der Waals surface area contributed by atoms with Gasteiger partial charge >= 0.3 is 0 Å². The molecule has 3 amide bonds. The van der Waals surface area contributed by atoms with E-state index in [4.69, 9.17) is 5.73 Å². The van der Waals surface area contributed by atoms with Crippen molar-refractivity contribution in [2.24, 2.45) is 0 Å².